The van der Waals surface area contributed by atoms with Crippen LogP contribution in [0.4, 0.5) is 0 Å². The molecule has 2 atom stereocenters. The maximum absolute atomic E-state index is 4.79. The topological polar surface area (TPSA) is 33.1 Å². The summed E-state index contributed by atoms with van der Waals surface area (Å²) in [5.41, 5.74) is 1.22. The fourth-order valence-electron chi connectivity index (χ4n) is 3.50. The standard InChI is InChI=1S/C17H32N4/c1-5-16(6-2)21-11-8-15(19-21)13-20-10-9-17(18-7-3)14(4)12-20/h8,11,14,16-18H,5-7,9-10,12-13H2,1-4H3. The molecular formula is C17H32N4. The summed E-state index contributed by atoms with van der Waals surface area (Å²) in [5, 5.41) is 8.39. The van der Waals surface area contributed by atoms with Crippen molar-refractivity contribution in [3.8, 4) is 0 Å². The van der Waals surface area contributed by atoms with E-state index in [1.54, 1.807) is 0 Å². The van der Waals surface area contributed by atoms with Crippen LogP contribution in [0.2, 0.25) is 0 Å². The van der Waals surface area contributed by atoms with Crippen LogP contribution in [0.15, 0.2) is 12.3 Å². The van der Waals surface area contributed by atoms with E-state index in [1.165, 1.54) is 25.2 Å². The van der Waals surface area contributed by atoms with Crippen molar-refractivity contribution in [3.05, 3.63) is 18.0 Å². The second-order valence-electron chi connectivity index (χ2n) is 6.42. The molecule has 0 radical (unpaired) electrons. The zero-order valence-electron chi connectivity index (χ0n) is 14.2. The third-order valence-corrected chi connectivity index (χ3v) is 4.82. The van der Waals surface area contributed by atoms with E-state index in [4.69, 9.17) is 5.10 Å². The van der Waals surface area contributed by atoms with Gasteiger partial charge in [-0.25, -0.2) is 0 Å². The molecule has 2 unspecified atom stereocenters. The summed E-state index contributed by atoms with van der Waals surface area (Å²) in [4.78, 5) is 2.55. The Hall–Kier alpha value is -0.870. The highest BCUT2D eigenvalue weighted by Crippen LogP contribution is 2.19. The van der Waals surface area contributed by atoms with Crippen LogP contribution in [0.25, 0.3) is 0 Å². The van der Waals surface area contributed by atoms with Gasteiger partial charge < -0.3 is 5.32 Å². The van der Waals surface area contributed by atoms with E-state index in [1.807, 2.05) is 0 Å². The smallest absolute Gasteiger partial charge is 0.0764 e. The predicted molar refractivity (Wildman–Crippen MR) is 88.4 cm³/mol. The van der Waals surface area contributed by atoms with Gasteiger partial charge in [-0.05, 0) is 37.8 Å². The number of aromatic nitrogens is 2. The van der Waals surface area contributed by atoms with E-state index in [0.29, 0.717) is 12.1 Å². The van der Waals surface area contributed by atoms with E-state index < -0.39 is 0 Å². The zero-order chi connectivity index (χ0) is 15.2. The number of rotatable bonds is 7. The van der Waals surface area contributed by atoms with E-state index in [-0.39, 0.29) is 0 Å². The molecule has 0 aliphatic carbocycles. The molecule has 1 N–H and O–H groups in total. The third-order valence-electron chi connectivity index (χ3n) is 4.82. The van der Waals surface area contributed by atoms with Crippen LogP contribution in [0.5, 0.6) is 0 Å². The molecule has 1 aliphatic rings. The Morgan fingerprint density at radius 2 is 2.10 bits per heavy atom. The summed E-state index contributed by atoms with van der Waals surface area (Å²) in [6.07, 6.45) is 5.72. The molecule has 0 bridgehead atoms. The van der Waals surface area contributed by atoms with Gasteiger partial charge in [0.15, 0.2) is 0 Å². The van der Waals surface area contributed by atoms with Crippen molar-refractivity contribution >= 4 is 0 Å². The summed E-state index contributed by atoms with van der Waals surface area (Å²) in [6, 6.07) is 3.44. The number of piperidine rings is 1. The maximum atomic E-state index is 4.79. The third kappa shape index (κ3) is 4.30. The molecule has 1 fully saturated rings. The molecule has 0 aromatic carbocycles. The minimum Gasteiger partial charge on any atom is -0.314 e. The molecule has 0 saturated carbocycles. The van der Waals surface area contributed by atoms with Crippen LogP contribution >= 0.6 is 0 Å². The molecule has 4 nitrogen and oxygen atoms in total. The van der Waals surface area contributed by atoms with Crippen LogP contribution in [-0.4, -0.2) is 40.4 Å². The van der Waals surface area contributed by atoms with Gasteiger partial charge in [-0.1, -0.05) is 27.7 Å². The molecule has 21 heavy (non-hydrogen) atoms. The van der Waals surface area contributed by atoms with Crippen LogP contribution in [0.1, 0.15) is 58.7 Å². The van der Waals surface area contributed by atoms with Crippen molar-refractivity contribution in [3.63, 3.8) is 0 Å². The zero-order valence-corrected chi connectivity index (χ0v) is 14.2. The summed E-state index contributed by atoms with van der Waals surface area (Å²) in [7, 11) is 0. The number of hydrogen-bond donors (Lipinski definition) is 1. The fourth-order valence-corrected chi connectivity index (χ4v) is 3.50. The van der Waals surface area contributed by atoms with Crippen LogP contribution in [-0.2, 0) is 6.54 Å². The lowest BCUT2D eigenvalue weighted by Gasteiger charge is -2.37. The summed E-state index contributed by atoms with van der Waals surface area (Å²) >= 11 is 0. The highest BCUT2D eigenvalue weighted by Gasteiger charge is 2.25. The highest BCUT2D eigenvalue weighted by molar-refractivity contribution is 5.00. The first kappa shape index (κ1) is 16.5. The highest BCUT2D eigenvalue weighted by atomic mass is 15.3. The Balaban J connectivity index is 1.88. The van der Waals surface area contributed by atoms with Crippen molar-refractivity contribution in [2.75, 3.05) is 19.6 Å². The van der Waals surface area contributed by atoms with Crippen LogP contribution in [0.3, 0.4) is 0 Å². The Morgan fingerprint density at radius 1 is 1.33 bits per heavy atom. The first-order valence-electron chi connectivity index (χ1n) is 8.67. The minimum absolute atomic E-state index is 0.553. The van der Waals surface area contributed by atoms with E-state index in [2.05, 4.69) is 54.9 Å². The lowest BCUT2D eigenvalue weighted by molar-refractivity contribution is 0.140. The van der Waals surface area contributed by atoms with Crippen molar-refractivity contribution in [2.24, 2.45) is 5.92 Å². The van der Waals surface area contributed by atoms with Crippen molar-refractivity contribution in [1.82, 2.24) is 20.0 Å². The summed E-state index contributed by atoms with van der Waals surface area (Å²) in [5.74, 6) is 0.722. The van der Waals surface area contributed by atoms with Gasteiger partial charge in [0.2, 0.25) is 0 Å². The van der Waals surface area contributed by atoms with Gasteiger partial charge in [0.25, 0.3) is 0 Å². The number of nitrogens with zero attached hydrogens (tertiary/aromatic N) is 3. The summed E-state index contributed by atoms with van der Waals surface area (Å²) < 4.78 is 2.16. The van der Waals surface area contributed by atoms with Gasteiger partial charge in [-0.3, -0.25) is 9.58 Å². The normalized spacial score (nSPS) is 23.9. The molecule has 0 spiro atoms. The molecule has 1 saturated heterocycles. The summed E-state index contributed by atoms with van der Waals surface area (Å²) in [6.45, 7) is 13.5. The predicted octanol–water partition coefficient (Wildman–Crippen LogP) is 3.06. The van der Waals surface area contributed by atoms with Gasteiger partial charge in [0, 0.05) is 31.9 Å². The number of nitrogens with one attached hydrogen (secondary N) is 1. The van der Waals surface area contributed by atoms with Gasteiger partial charge in [0.1, 0.15) is 0 Å². The number of likely N-dealkylation sites (tertiary alicyclic amines) is 1. The van der Waals surface area contributed by atoms with E-state index in [9.17, 15) is 0 Å². The van der Waals surface area contributed by atoms with Crippen LogP contribution in [0, 0.1) is 5.92 Å². The molecule has 0 amide bonds. The van der Waals surface area contributed by atoms with Crippen LogP contribution < -0.4 is 5.32 Å². The second kappa shape index (κ2) is 7.95. The fraction of sp³-hybridized carbons (Fsp3) is 0.824. The first-order valence-corrected chi connectivity index (χ1v) is 8.67. The monoisotopic (exact) mass is 292 g/mol. The lowest BCUT2D eigenvalue weighted by atomic mass is 9.94. The molecule has 1 aliphatic heterocycles. The second-order valence-corrected chi connectivity index (χ2v) is 6.42. The molecule has 1 aromatic heterocycles. The molecule has 2 rings (SSSR count). The first-order chi connectivity index (χ1) is 10.2. The molecule has 2 heterocycles. The Labute approximate surface area is 129 Å². The van der Waals surface area contributed by atoms with Crippen molar-refractivity contribution in [1.29, 1.82) is 0 Å². The van der Waals surface area contributed by atoms with Crippen molar-refractivity contribution in [2.45, 2.75) is 65.6 Å². The lowest BCUT2D eigenvalue weighted by Crippen LogP contribution is -2.47. The van der Waals surface area contributed by atoms with Gasteiger partial charge in [-0.15, -0.1) is 0 Å². The molecule has 4 heteroatoms. The Bertz CT molecular complexity index is 411. The average Bonchev–Trinajstić information content (AvgIpc) is 2.92. The molecule has 1 aromatic rings. The Kier molecular flexibility index (Phi) is 6.24. The SMILES string of the molecule is CCNC1CCN(Cc2ccn(C(CC)CC)n2)CC1C. The molecule has 120 valence electrons. The molecular weight excluding hydrogens is 260 g/mol. The number of hydrogen-bond acceptors (Lipinski definition) is 3. The van der Waals surface area contributed by atoms with Gasteiger partial charge >= 0.3 is 0 Å². The quantitative estimate of drug-likeness (QED) is 0.838. The van der Waals surface area contributed by atoms with Gasteiger partial charge in [0.05, 0.1) is 11.7 Å². The maximum Gasteiger partial charge on any atom is 0.0764 e. The van der Waals surface area contributed by atoms with E-state index >= 15 is 0 Å². The minimum atomic E-state index is 0.553. The Morgan fingerprint density at radius 3 is 2.71 bits per heavy atom. The van der Waals surface area contributed by atoms with Gasteiger partial charge in [-0.2, -0.15) is 5.10 Å². The van der Waals surface area contributed by atoms with Crippen molar-refractivity contribution < 1.29 is 0 Å². The average molecular weight is 292 g/mol. The van der Waals surface area contributed by atoms with E-state index in [0.717, 1.165) is 31.8 Å². The largest absolute Gasteiger partial charge is 0.314 e.